The number of furan rings is 1. The van der Waals surface area contributed by atoms with E-state index in [1.807, 2.05) is 17.4 Å². The topological polar surface area (TPSA) is 124 Å². The van der Waals surface area contributed by atoms with Gasteiger partial charge >= 0.3 is 0 Å². The van der Waals surface area contributed by atoms with Gasteiger partial charge in [0.15, 0.2) is 5.76 Å². The van der Waals surface area contributed by atoms with Gasteiger partial charge < -0.3 is 20.8 Å². The van der Waals surface area contributed by atoms with Gasteiger partial charge in [0, 0.05) is 5.56 Å². The number of nitrogens with one attached hydrogen (secondary N) is 1. The van der Waals surface area contributed by atoms with E-state index in [4.69, 9.17) is 10.2 Å². The van der Waals surface area contributed by atoms with E-state index in [9.17, 15) is 9.18 Å². The monoisotopic (exact) mass is 346 g/mol. The van der Waals surface area contributed by atoms with Gasteiger partial charge in [-0.25, -0.2) is 9.02 Å². The van der Waals surface area contributed by atoms with Crippen molar-refractivity contribution in [2.45, 2.75) is 6.54 Å². The minimum absolute atomic E-state index is 0.0185. The summed E-state index contributed by atoms with van der Waals surface area (Å²) in [5.74, 6) is 0.726. The molecule has 0 saturated heterocycles. The molecule has 0 saturated carbocycles. The number of nitrogen functional groups attached to an aromatic ring is 1. The molecule has 25 heavy (non-hydrogen) atoms. The molecule has 0 unspecified atom stereocenters. The summed E-state index contributed by atoms with van der Waals surface area (Å²) in [6.07, 6.45) is 0. The second-order valence-electron chi connectivity index (χ2n) is 5.31. The van der Waals surface area contributed by atoms with Crippen molar-refractivity contribution in [1.82, 2.24) is 15.6 Å². The Morgan fingerprint density at radius 1 is 1.20 bits per heavy atom. The van der Waals surface area contributed by atoms with Gasteiger partial charge in [-0.15, -0.1) is 0 Å². The molecule has 0 aliphatic carbocycles. The fraction of sp³-hybridized carbons (Fsp3) is 0.188. The Balaban J connectivity index is 1.42. The molecule has 0 fully saturated rings. The highest BCUT2D eigenvalue weighted by Crippen LogP contribution is 2.21. The van der Waals surface area contributed by atoms with Gasteiger partial charge in [-0.05, 0) is 46.7 Å². The van der Waals surface area contributed by atoms with Crippen LogP contribution in [0.2, 0.25) is 0 Å². The molecular weight excluding hydrogens is 329 g/mol. The maximum Gasteiger partial charge on any atom is 0.277 e. The van der Waals surface area contributed by atoms with Gasteiger partial charge in [0.05, 0.1) is 13.1 Å². The maximum absolute atomic E-state index is 12.9. The molecular formula is C16H17FN5O3+. The summed E-state index contributed by atoms with van der Waals surface area (Å²) in [6.45, 7) is 1.69. The first-order chi connectivity index (χ1) is 12.1. The number of halogens is 1. The number of anilines is 1. The van der Waals surface area contributed by atoms with E-state index in [1.54, 1.807) is 12.1 Å². The minimum Gasteiger partial charge on any atom is -0.455 e. The normalized spacial score (nSPS) is 10.8. The van der Waals surface area contributed by atoms with Crippen LogP contribution in [0.15, 0.2) is 45.4 Å². The fourth-order valence-corrected chi connectivity index (χ4v) is 2.23. The highest BCUT2D eigenvalue weighted by Gasteiger charge is 2.15. The molecule has 0 aliphatic rings. The second-order valence-corrected chi connectivity index (χ2v) is 5.31. The summed E-state index contributed by atoms with van der Waals surface area (Å²) >= 11 is 0. The summed E-state index contributed by atoms with van der Waals surface area (Å²) in [6, 6.07) is 9.84. The second kappa shape index (κ2) is 7.58. The van der Waals surface area contributed by atoms with Crippen molar-refractivity contribution in [1.29, 1.82) is 0 Å². The average Bonchev–Trinajstić information content (AvgIpc) is 3.24. The quantitative estimate of drug-likeness (QED) is 0.537. The molecule has 5 N–H and O–H groups in total. The highest BCUT2D eigenvalue weighted by atomic mass is 19.1. The predicted molar refractivity (Wildman–Crippen MR) is 85.6 cm³/mol. The number of carbonyl (C=O) groups excluding carboxylic acids is 1. The van der Waals surface area contributed by atoms with E-state index in [0.29, 0.717) is 25.4 Å². The molecule has 0 spiro atoms. The van der Waals surface area contributed by atoms with Crippen molar-refractivity contribution in [2.75, 3.05) is 18.8 Å². The van der Waals surface area contributed by atoms with Crippen LogP contribution in [0.5, 0.6) is 0 Å². The molecule has 1 aromatic carbocycles. The first-order valence-electron chi connectivity index (χ1n) is 7.66. The number of aromatic nitrogens is 2. The Morgan fingerprint density at radius 3 is 2.72 bits per heavy atom. The summed E-state index contributed by atoms with van der Waals surface area (Å²) in [5, 5.41) is 11.4. The lowest BCUT2D eigenvalue weighted by atomic mass is 10.2. The minimum atomic E-state index is -0.427. The number of nitrogens with two attached hydrogens (primary N) is 2. The van der Waals surface area contributed by atoms with Gasteiger partial charge in [0.1, 0.15) is 18.1 Å². The zero-order valence-corrected chi connectivity index (χ0v) is 13.2. The molecule has 2 aromatic heterocycles. The zero-order chi connectivity index (χ0) is 17.6. The lowest BCUT2D eigenvalue weighted by molar-refractivity contribution is -0.670. The van der Waals surface area contributed by atoms with Gasteiger partial charge in [-0.3, -0.25) is 4.79 Å². The molecule has 2 heterocycles. The molecule has 0 bridgehead atoms. The summed E-state index contributed by atoms with van der Waals surface area (Å²) in [5.41, 5.74) is 6.24. The molecule has 9 heteroatoms. The molecule has 1 amide bonds. The largest absolute Gasteiger partial charge is 0.455 e. The summed E-state index contributed by atoms with van der Waals surface area (Å²) < 4.78 is 23.0. The van der Waals surface area contributed by atoms with Crippen LogP contribution in [0.25, 0.3) is 11.3 Å². The van der Waals surface area contributed by atoms with Crippen LogP contribution < -0.4 is 16.4 Å². The third-order valence-corrected chi connectivity index (χ3v) is 3.50. The Morgan fingerprint density at radius 2 is 2.00 bits per heavy atom. The SMILES string of the molecule is Nc1nonc1C(=O)NCC[NH2+]Cc1ccc(-c2ccc(F)cc2)o1. The third-order valence-electron chi connectivity index (χ3n) is 3.50. The molecule has 0 atom stereocenters. The third kappa shape index (κ3) is 4.21. The van der Waals surface area contributed by atoms with E-state index in [1.165, 1.54) is 12.1 Å². The lowest BCUT2D eigenvalue weighted by Crippen LogP contribution is -2.84. The Kier molecular flexibility index (Phi) is 5.05. The summed E-state index contributed by atoms with van der Waals surface area (Å²) in [4.78, 5) is 11.7. The molecule has 130 valence electrons. The number of amides is 1. The van der Waals surface area contributed by atoms with Gasteiger partial charge in [-0.2, -0.15) is 0 Å². The number of hydrogen-bond acceptors (Lipinski definition) is 6. The Bertz CT molecular complexity index is 844. The number of rotatable bonds is 7. The van der Waals surface area contributed by atoms with Gasteiger partial charge in [0.2, 0.25) is 11.5 Å². The standard InChI is InChI=1S/C16H16FN5O3/c17-11-3-1-10(2-4-11)13-6-5-12(24-13)9-19-7-8-20-16(23)14-15(18)22-25-21-14/h1-6,19H,7-9H2,(H2,18,22)(H,20,23)/p+1. The molecule has 3 aromatic rings. The van der Waals surface area contributed by atoms with E-state index in [0.717, 1.165) is 11.3 Å². The lowest BCUT2D eigenvalue weighted by Gasteiger charge is -2.02. The Labute approximate surface area is 142 Å². The number of benzene rings is 1. The van der Waals surface area contributed by atoms with Crippen molar-refractivity contribution in [3.05, 3.63) is 53.7 Å². The summed E-state index contributed by atoms with van der Waals surface area (Å²) in [7, 11) is 0. The van der Waals surface area contributed by atoms with E-state index < -0.39 is 5.91 Å². The predicted octanol–water partition coefficient (Wildman–Crippen LogP) is 0.544. The van der Waals surface area contributed by atoms with Crippen molar-refractivity contribution >= 4 is 11.7 Å². The van der Waals surface area contributed by atoms with Crippen LogP contribution in [0.1, 0.15) is 16.2 Å². The highest BCUT2D eigenvalue weighted by molar-refractivity contribution is 5.95. The van der Waals surface area contributed by atoms with Crippen LogP contribution in [-0.2, 0) is 6.54 Å². The average molecular weight is 346 g/mol. The number of carbonyl (C=O) groups is 1. The van der Waals surface area contributed by atoms with Crippen LogP contribution in [0, 0.1) is 5.82 Å². The van der Waals surface area contributed by atoms with Crippen molar-refractivity contribution in [3.8, 4) is 11.3 Å². The first kappa shape index (κ1) is 16.7. The first-order valence-corrected chi connectivity index (χ1v) is 7.66. The number of hydrogen-bond donors (Lipinski definition) is 3. The van der Waals surface area contributed by atoms with Gasteiger partial charge in [0.25, 0.3) is 5.91 Å². The fourth-order valence-electron chi connectivity index (χ4n) is 2.23. The molecule has 3 rings (SSSR count). The van der Waals surface area contributed by atoms with Crippen molar-refractivity contribution < 1.29 is 23.5 Å². The zero-order valence-electron chi connectivity index (χ0n) is 13.2. The van der Waals surface area contributed by atoms with Crippen LogP contribution in [0.4, 0.5) is 10.2 Å². The molecule has 8 nitrogen and oxygen atoms in total. The Hall–Kier alpha value is -3.20. The van der Waals surface area contributed by atoms with Crippen LogP contribution in [0.3, 0.4) is 0 Å². The van der Waals surface area contributed by atoms with Gasteiger partial charge in [-0.1, -0.05) is 0 Å². The smallest absolute Gasteiger partial charge is 0.277 e. The van der Waals surface area contributed by atoms with Crippen molar-refractivity contribution in [2.24, 2.45) is 0 Å². The molecule has 0 radical (unpaired) electrons. The van der Waals surface area contributed by atoms with E-state index in [-0.39, 0.29) is 17.3 Å². The van der Waals surface area contributed by atoms with E-state index in [2.05, 4.69) is 20.3 Å². The van der Waals surface area contributed by atoms with Crippen molar-refractivity contribution in [3.63, 3.8) is 0 Å². The van der Waals surface area contributed by atoms with Crippen LogP contribution in [-0.4, -0.2) is 29.3 Å². The molecule has 0 aliphatic heterocycles. The number of nitrogens with zero attached hydrogens (tertiary/aromatic N) is 2. The maximum atomic E-state index is 12.9. The van der Waals surface area contributed by atoms with Crippen LogP contribution >= 0.6 is 0 Å². The van der Waals surface area contributed by atoms with E-state index >= 15 is 0 Å². The number of quaternary nitrogens is 1.